The molecule has 1 aromatic rings. The van der Waals surface area contributed by atoms with Crippen molar-refractivity contribution in [3.05, 3.63) is 18.3 Å². The average Bonchev–Trinajstić information content (AvgIpc) is 2.73. The molecule has 1 aromatic heterocycles. The average molecular weight is 217 g/mol. The number of rotatable bonds is 1. The number of aromatic nitrogens is 1. The van der Waals surface area contributed by atoms with E-state index in [9.17, 15) is 0 Å². The van der Waals surface area contributed by atoms with Gasteiger partial charge in [0.25, 0.3) is 0 Å². The van der Waals surface area contributed by atoms with Crippen molar-refractivity contribution in [2.75, 3.05) is 19.8 Å². The Morgan fingerprint density at radius 3 is 2.33 bits per heavy atom. The van der Waals surface area contributed by atoms with Gasteiger partial charge in [-0.1, -0.05) is 18.6 Å². The van der Waals surface area contributed by atoms with Crippen LogP contribution in [-0.2, 0) is 14.0 Å². The number of aromatic amines is 1. The Morgan fingerprint density at radius 1 is 1.27 bits per heavy atom. The van der Waals surface area contributed by atoms with Gasteiger partial charge in [-0.25, -0.2) is 0 Å². The maximum Gasteiger partial charge on any atom is 1.00 e. The molecule has 15 heavy (non-hydrogen) atoms. The third-order valence-electron chi connectivity index (χ3n) is 2.96. The first-order valence-electron chi connectivity index (χ1n) is 4.92. The summed E-state index contributed by atoms with van der Waals surface area (Å²) in [6.45, 7) is 2.59. The second kappa shape index (κ2) is 3.91. The summed E-state index contributed by atoms with van der Waals surface area (Å²) in [5, 5.41) is 0. The molecule has 3 fully saturated rings. The Kier molecular flexibility index (Phi) is 3.05. The Hall–Kier alpha value is 0.225. The minimum atomic E-state index is -1.67. The van der Waals surface area contributed by atoms with Gasteiger partial charge in [0.05, 0.1) is 0 Å². The molecule has 4 rings (SSSR count). The number of fused-ring (bicyclic) bond motifs is 3. The van der Waals surface area contributed by atoms with Gasteiger partial charge in [-0.2, -0.15) is 0 Å². The van der Waals surface area contributed by atoms with Crippen molar-refractivity contribution < 1.29 is 43.5 Å². The third-order valence-corrected chi connectivity index (χ3v) is 2.96. The van der Waals surface area contributed by atoms with E-state index in [1.54, 1.807) is 0 Å². The van der Waals surface area contributed by atoms with Crippen molar-refractivity contribution in [2.45, 2.75) is 6.92 Å². The monoisotopic (exact) mass is 217 g/mol. The molecule has 0 atom stereocenters. The number of H-pyrrole nitrogens is 1. The van der Waals surface area contributed by atoms with Crippen LogP contribution in [0.4, 0.5) is 0 Å². The van der Waals surface area contributed by atoms with E-state index in [0.29, 0.717) is 19.8 Å². The summed E-state index contributed by atoms with van der Waals surface area (Å²) in [4.78, 5) is 3.09. The third kappa shape index (κ3) is 1.81. The molecule has 0 unspecified atom stereocenters. The summed E-state index contributed by atoms with van der Waals surface area (Å²) in [6.07, 6.45) is 1.85. The summed E-state index contributed by atoms with van der Waals surface area (Å²) in [5.41, 5.74) is 0.933. The zero-order chi connectivity index (χ0) is 9.65. The standard InChI is InChI=1S/C9H13BNO3.Na/c1-9-5-12-10(13-6-9,14-7-9)8-3-2-4-11-8;/h2-4,11H,5-7H2,1H3;/q-1;+1. The molecular weight excluding hydrogens is 204 g/mol. The fourth-order valence-corrected chi connectivity index (χ4v) is 2.04. The van der Waals surface area contributed by atoms with Crippen LogP contribution in [0.3, 0.4) is 0 Å². The topological polar surface area (TPSA) is 43.5 Å². The molecule has 0 aromatic carbocycles. The first-order valence-corrected chi connectivity index (χ1v) is 4.92. The minimum absolute atomic E-state index is 0. The Balaban J connectivity index is 0.000000853. The molecule has 1 N–H and O–H groups in total. The molecular formula is C9H13BNNaO3. The number of nitrogens with one attached hydrogen (secondary N) is 1. The summed E-state index contributed by atoms with van der Waals surface area (Å²) < 4.78 is 17.1. The molecule has 0 radical (unpaired) electrons. The predicted molar refractivity (Wildman–Crippen MR) is 52.1 cm³/mol. The minimum Gasteiger partial charge on any atom is -0.539 e. The molecule has 4 nitrogen and oxygen atoms in total. The SMILES string of the molecule is CC12CO[B-](c3ccc[nH]3)(OC1)OC2.[Na+]. The van der Waals surface area contributed by atoms with E-state index in [1.807, 2.05) is 18.3 Å². The molecule has 0 saturated carbocycles. The second-order valence-electron chi connectivity index (χ2n) is 4.51. The van der Waals surface area contributed by atoms with Crippen LogP contribution < -0.4 is 35.2 Å². The molecule has 3 aliphatic heterocycles. The molecule has 2 bridgehead atoms. The zero-order valence-electron chi connectivity index (χ0n) is 9.16. The van der Waals surface area contributed by atoms with Gasteiger partial charge in [0.1, 0.15) is 0 Å². The maximum atomic E-state index is 5.70. The van der Waals surface area contributed by atoms with Crippen molar-refractivity contribution in [1.82, 2.24) is 4.98 Å². The van der Waals surface area contributed by atoms with Gasteiger partial charge in [-0.05, 0) is 12.3 Å². The molecule has 0 amide bonds. The van der Waals surface area contributed by atoms with Crippen molar-refractivity contribution >= 4 is 12.3 Å². The predicted octanol–water partition coefficient (Wildman–Crippen LogP) is -2.75. The Bertz CT molecular complexity index is 319. The summed E-state index contributed by atoms with van der Waals surface area (Å²) in [6, 6.07) is 3.86. The van der Waals surface area contributed by atoms with Gasteiger partial charge in [0.15, 0.2) is 0 Å². The Morgan fingerprint density at radius 2 is 1.87 bits per heavy atom. The van der Waals surface area contributed by atoms with Crippen LogP contribution in [-0.4, -0.2) is 31.6 Å². The van der Waals surface area contributed by atoms with Crippen molar-refractivity contribution in [1.29, 1.82) is 0 Å². The van der Waals surface area contributed by atoms with E-state index in [1.165, 1.54) is 0 Å². The quantitative estimate of drug-likeness (QED) is 0.518. The maximum absolute atomic E-state index is 5.70. The summed E-state index contributed by atoms with van der Waals surface area (Å²) >= 11 is 0. The van der Waals surface area contributed by atoms with E-state index >= 15 is 0 Å². The fraction of sp³-hybridized carbons (Fsp3) is 0.556. The van der Waals surface area contributed by atoms with Gasteiger partial charge < -0.3 is 18.9 Å². The molecule has 3 aliphatic rings. The largest absolute Gasteiger partial charge is 1.00 e. The van der Waals surface area contributed by atoms with Crippen LogP contribution in [0.1, 0.15) is 6.92 Å². The van der Waals surface area contributed by atoms with Gasteiger partial charge >= 0.3 is 36.3 Å². The molecule has 4 heterocycles. The van der Waals surface area contributed by atoms with E-state index in [4.69, 9.17) is 14.0 Å². The van der Waals surface area contributed by atoms with Gasteiger partial charge in [0.2, 0.25) is 0 Å². The van der Waals surface area contributed by atoms with Crippen LogP contribution in [0.15, 0.2) is 18.3 Å². The molecule has 76 valence electrons. The molecule has 0 aliphatic carbocycles. The van der Waals surface area contributed by atoms with E-state index in [0.717, 1.165) is 5.59 Å². The molecule has 3 saturated heterocycles. The van der Waals surface area contributed by atoms with E-state index in [2.05, 4.69) is 11.9 Å². The normalized spacial score (nSPS) is 38.7. The summed E-state index contributed by atoms with van der Waals surface area (Å²) in [5.74, 6) is 0. The van der Waals surface area contributed by atoms with Crippen LogP contribution in [0.25, 0.3) is 0 Å². The first-order chi connectivity index (χ1) is 6.73. The van der Waals surface area contributed by atoms with Crippen molar-refractivity contribution in [2.24, 2.45) is 5.41 Å². The van der Waals surface area contributed by atoms with Crippen LogP contribution >= 0.6 is 0 Å². The van der Waals surface area contributed by atoms with Crippen molar-refractivity contribution in [3.63, 3.8) is 0 Å². The van der Waals surface area contributed by atoms with Gasteiger partial charge in [-0.3, -0.25) is 0 Å². The molecule has 6 heteroatoms. The van der Waals surface area contributed by atoms with Crippen molar-refractivity contribution in [3.8, 4) is 0 Å². The van der Waals surface area contributed by atoms with E-state index in [-0.39, 0.29) is 35.0 Å². The van der Waals surface area contributed by atoms with Crippen LogP contribution in [0.2, 0.25) is 0 Å². The number of hydrogen-bond donors (Lipinski definition) is 1. The fourth-order valence-electron chi connectivity index (χ4n) is 2.04. The van der Waals surface area contributed by atoms with Crippen LogP contribution in [0, 0.1) is 5.41 Å². The first kappa shape index (κ1) is 11.7. The number of hydrogen-bond acceptors (Lipinski definition) is 3. The summed E-state index contributed by atoms with van der Waals surface area (Å²) in [7, 11) is 0. The van der Waals surface area contributed by atoms with Crippen LogP contribution in [0.5, 0.6) is 0 Å². The molecule has 0 spiro atoms. The Labute approximate surface area is 111 Å². The zero-order valence-corrected chi connectivity index (χ0v) is 11.2. The smallest absolute Gasteiger partial charge is 0.539 e. The second-order valence-corrected chi connectivity index (χ2v) is 4.51. The van der Waals surface area contributed by atoms with E-state index < -0.39 is 6.75 Å². The van der Waals surface area contributed by atoms with Gasteiger partial charge in [-0.15, -0.1) is 0 Å². The van der Waals surface area contributed by atoms with Gasteiger partial charge in [0, 0.05) is 25.2 Å².